The summed E-state index contributed by atoms with van der Waals surface area (Å²) in [5, 5.41) is 1.34. The van der Waals surface area contributed by atoms with Gasteiger partial charge < -0.3 is 9.88 Å². The number of nitrogens with one attached hydrogen (secondary N) is 1. The van der Waals surface area contributed by atoms with Crippen LogP contribution in [0.5, 0.6) is 0 Å². The molecule has 1 aliphatic rings. The molecule has 4 rings (SSSR count). The van der Waals surface area contributed by atoms with Crippen LogP contribution in [-0.4, -0.2) is 18.1 Å². The fraction of sp³-hybridized carbons (Fsp3) is 0.263. The maximum atomic E-state index is 3.38. The third kappa shape index (κ3) is 2.31. The molecule has 2 aromatic carbocycles. The van der Waals surface area contributed by atoms with E-state index in [2.05, 4.69) is 64.6 Å². The second-order valence-electron chi connectivity index (χ2n) is 5.86. The van der Waals surface area contributed by atoms with Gasteiger partial charge in [0.25, 0.3) is 0 Å². The van der Waals surface area contributed by atoms with Crippen molar-refractivity contribution in [1.29, 1.82) is 0 Å². The number of nitrogens with zero attached hydrogens (tertiary/aromatic N) is 1. The van der Waals surface area contributed by atoms with E-state index >= 15 is 0 Å². The second kappa shape index (κ2) is 5.28. The van der Waals surface area contributed by atoms with Gasteiger partial charge in [0.1, 0.15) is 0 Å². The van der Waals surface area contributed by atoms with Crippen molar-refractivity contribution in [3.05, 3.63) is 65.9 Å². The van der Waals surface area contributed by atoms with Crippen molar-refractivity contribution in [2.45, 2.75) is 19.3 Å². The minimum atomic E-state index is 0.997. The molecule has 2 heteroatoms. The van der Waals surface area contributed by atoms with Crippen molar-refractivity contribution in [2.24, 2.45) is 0 Å². The molecule has 1 fully saturated rings. The Morgan fingerprint density at radius 1 is 0.857 bits per heavy atom. The number of aromatic amines is 1. The maximum Gasteiger partial charge on any atom is 0.0456 e. The molecule has 106 valence electrons. The Balaban J connectivity index is 1.71. The minimum absolute atomic E-state index is 0.997. The summed E-state index contributed by atoms with van der Waals surface area (Å²) in [4.78, 5) is 5.92. The zero-order chi connectivity index (χ0) is 14.1. The molecular formula is C19H20N2. The molecule has 1 N–H and O–H groups in total. The van der Waals surface area contributed by atoms with Crippen LogP contribution in [0.3, 0.4) is 0 Å². The number of fused-ring (bicyclic) bond motifs is 1. The van der Waals surface area contributed by atoms with Gasteiger partial charge in [0.15, 0.2) is 0 Å². The number of H-pyrrole nitrogens is 1. The van der Waals surface area contributed by atoms with Crippen LogP contribution in [0.4, 0.5) is 5.69 Å². The van der Waals surface area contributed by atoms with E-state index in [4.69, 9.17) is 0 Å². The van der Waals surface area contributed by atoms with Gasteiger partial charge in [-0.3, -0.25) is 0 Å². The van der Waals surface area contributed by atoms with Crippen molar-refractivity contribution in [3.63, 3.8) is 0 Å². The van der Waals surface area contributed by atoms with Crippen LogP contribution in [0, 0.1) is 0 Å². The Bertz CT molecular complexity index is 751. The number of para-hydroxylation sites is 2. The first-order valence-corrected chi connectivity index (χ1v) is 7.80. The van der Waals surface area contributed by atoms with Crippen LogP contribution < -0.4 is 4.90 Å². The lowest BCUT2D eigenvalue weighted by Gasteiger charge is -2.21. The average Bonchev–Trinajstić information content (AvgIpc) is 3.18. The molecule has 1 aromatic heterocycles. The number of rotatable bonds is 3. The predicted octanol–water partition coefficient (Wildman–Crippen LogP) is 4.36. The first kappa shape index (κ1) is 12.5. The lowest BCUT2D eigenvalue weighted by molar-refractivity contribution is 0.949. The fourth-order valence-electron chi connectivity index (χ4n) is 3.41. The van der Waals surface area contributed by atoms with Crippen LogP contribution in [0.2, 0.25) is 0 Å². The summed E-state index contributed by atoms with van der Waals surface area (Å²) in [7, 11) is 0. The van der Waals surface area contributed by atoms with E-state index in [0.717, 1.165) is 6.42 Å². The van der Waals surface area contributed by atoms with Gasteiger partial charge in [-0.15, -0.1) is 0 Å². The third-order valence-corrected chi connectivity index (χ3v) is 4.49. The highest BCUT2D eigenvalue weighted by Gasteiger charge is 2.16. The van der Waals surface area contributed by atoms with Crippen LogP contribution >= 0.6 is 0 Å². The zero-order valence-corrected chi connectivity index (χ0v) is 12.2. The van der Waals surface area contributed by atoms with Crippen LogP contribution in [0.15, 0.2) is 54.7 Å². The number of anilines is 1. The Morgan fingerprint density at radius 3 is 2.52 bits per heavy atom. The van der Waals surface area contributed by atoms with E-state index in [1.54, 1.807) is 0 Å². The van der Waals surface area contributed by atoms with Gasteiger partial charge in [-0.05, 0) is 36.1 Å². The van der Waals surface area contributed by atoms with E-state index < -0.39 is 0 Å². The lowest BCUT2D eigenvalue weighted by atomic mass is 10.0. The molecule has 1 aliphatic heterocycles. The summed E-state index contributed by atoms with van der Waals surface area (Å²) in [6.45, 7) is 2.40. The molecule has 21 heavy (non-hydrogen) atoms. The van der Waals surface area contributed by atoms with Gasteiger partial charge in [-0.25, -0.2) is 0 Å². The summed E-state index contributed by atoms with van der Waals surface area (Å²) >= 11 is 0. The summed E-state index contributed by atoms with van der Waals surface area (Å²) in [5.74, 6) is 0. The molecule has 0 saturated carbocycles. The number of benzene rings is 2. The molecule has 0 amide bonds. The molecule has 3 aromatic rings. The lowest BCUT2D eigenvalue weighted by Crippen LogP contribution is -2.19. The van der Waals surface area contributed by atoms with Gasteiger partial charge >= 0.3 is 0 Å². The van der Waals surface area contributed by atoms with Gasteiger partial charge in [-0.1, -0.05) is 36.4 Å². The summed E-state index contributed by atoms with van der Waals surface area (Å²) < 4.78 is 0. The van der Waals surface area contributed by atoms with E-state index in [1.165, 1.54) is 53.6 Å². The second-order valence-corrected chi connectivity index (χ2v) is 5.86. The van der Waals surface area contributed by atoms with Gasteiger partial charge in [-0.2, -0.15) is 0 Å². The number of hydrogen-bond donors (Lipinski definition) is 1. The molecule has 0 radical (unpaired) electrons. The molecule has 0 unspecified atom stereocenters. The first-order valence-electron chi connectivity index (χ1n) is 7.80. The highest BCUT2D eigenvalue weighted by molar-refractivity contribution is 5.83. The van der Waals surface area contributed by atoms with Crippen molar-refractivity contribution < 1.29 is 0 Å². The molecular weight excluding hydrogens is 256 g/mol. The van der Waals surface area contributed by atoms with Crippen molar-refractivity contribution >= 4 is 16.6 Å². The van der Waals surface area contributed by atoms with Gasteiger partial charge in [0, 0.05) is 42.3 Å². The van der Waals surface area contributed by atoms with Crippen LogP contribution in [-0.2, 0) is 6.42 Å². The topological polar surface area (TPSA) is 19.0 Å². The quantitative estimate of drug-likeness (QED) is 0.753. The first-order chi connectivity index (χ1) is 10.4. The number of hydrogen-bond acceptors (Lipinski definition) is 1. The molecule has 0 aliphatic carbocycles. The summed E-state index contributed by atoms with van der Waals surface area (Å²) in [6.07, 6.45) is 5.80. The molecule has 2 heterocycles. The SMILES string of the molecule is c1ccc(N2CCCC2)c(Cc2c[nH]c3ccccc23)c1. The highest BCUT2D eigenvalue weighted by Crippen LogP contribution is 2.28. The fourth-order valence-corrected chi connectivity index (χ4v) is 3.41. The molecule has 2 nitrogen and oxygen atoms in total. The van der Waals surface area contributed by atoms with E-state index in [0.29, 0.717) is 0 Å². The summed E-state index contributed by atoms with van der Waals surface area (Å²) in [6, 6.07) is 17.4. The van der Waals surface area contributed by atoms with Crippen molar-refractivity contribution in [3.8, 4) is 0 Å². The van der Waals surface area contributed by atoms with E-state index in [9.17, 15) is 0 Å². The largest absolute Gasteiger partial charge is 0.371 e. The molecule has 1 saturated heterocycles. The highest BCUT2D eigenvalue weighted by atomic mass is 15.1. The van der Waals surface area contributed by atoms with Crippen molar-refractivity contribution in [2.75, 3.05) is 18.0 Å². The standard InChI is InChI=1S/C19H20N2/c1-4-10-19(21-11-5-6-12-21)15(7-1)13-16-14-20-18-9-3-2-8-17(16)18/h1-4,7-10,14,20H,5-6,11-13H2. The normalized spacial score (nSPS) is 15.0. The number of aromatic nitrogens is 1. The average molecular weight is 276 g/mol. The van der Waals surface area contributed by atoms with Crippen molar-refractivity contribution in [1.82, 2.24) is 4.98 Å². The Labute approximate surface area is 125 Å². The van der Waals surface area contributed by atoms with Gasteiger partial charge in [0.2, 0.25) is 0 Å². The molecule has 0 bridgehead atoms. The predicted molar refractivity (Wildman–Crippen MR) is 89.0 cm³/mol. The van der Waals surface area contributed by atoms with E-state index in [1.807, 2.05) is 0 Å². The molecule has 0 atom stereocenters. The third-order valence-electron chi connectivity index (χ3n) is 4.49. The van der Waals surface area contributed by atoms with Gasteiger partial charge in [0.05, 0.1) is 0 Å². The molecule has 0 spiro atoms. The van der Waals surface area contributed by atoms with E-state index in [-0.39, 0.29) is 0 Å². The Hall–Kier alpha value is -2.22. The maximum absolute atomic E-state index is 3.38. The monoisotopic (exact) mass is 276 g/mol. The zero-order valence-electron chi connectivity index (χ0n) is 12.2. The smallest absolute Gasteiger partial charge is 0.0456 e. The Kier molecular flexibility index (Phi) is 3.15. The summed E-state index contributed by atoms with van der Waals surface area (Å²) in [5.41, 5.74) is 5.47. The van der Waals surface area contributed by atoms with Crippen LogP contribution in [0.25, 0.3) is 10.9 Å². The minimum Gasteiger partial charge on any atom is -0.371 e. The van der Waals surface area contributed by atoms with Crippen LogP contribution in [0.1, 0.15) is 24.0 Å². The Morgan fingerprint density at radius 2 is 1.62 bits per heavy atom.